The maximum atomic E-state index is 2.44. The third-order valence-corrected chi connectivity index (χ3v) is 4.97. The molecule has 0 aliphatic rings. The van der Waals surface area contributed by atoms with Crippen LogP contribution in [0.4, 0.5) is 0 Å². The van der Waals surface area contributed by atoms with Crippen LogP contribution in [0.3, 0.4) is 0 Å². The van der Waals surface area contributed by atoms with Crippen molar-refractivity contribution in [1.29, 1.82) is 0 Å². The smallest absolute Gasteiger partial charge is 0.187 e. The number of hydrogen-bond acceptors (Lipinski definition) is 0. The number of para-hydroxylation sites is 2. The summed E-state index contributed by atoms with van der Waals surface area (Å²) in [6.07, 6.45) is 0. The lowest BCUT2D eigenvalue weighted by Gasteiger charge is -2.08. The summed E-state index contributed by atoms with van der Waals surface area (Å²) < 4.78 is 2.44. The summed E-state index contributed by atoms with van der Waals surface area (Å²) in [5, 5.41) is 5.18. The van der Waals surface area contributed by atoms with Gasteiger partial charge in [0, 0.05) is 28.5 Å². The number of rotatable bonds is 2. The quantitative estimate of drug-likeness (QED) is 0.299. The van der Waals surface area contributed by atoms with Crippen molar-refractivity contribution < 1.29 is 4.57 Å². The summed E-state index contributed by atoms with van der Waals surface area (Å²) in [6, 6.07) is 34.8. The maximum Gasteiger partial charge on any atom is 0.213 e. The first-order chi connectivity index (χ1) is 12.4. The first kappa shape index (κ1) is 14.2. The van der Waals surface area contributed by atoms with E-state index in [2.05, 4.69) is 102 Å². The van der Waals surface area contributed by atoms with E-state index in [1.807, 2.05) is 0 Å². The Hall–Kier alpha value is -3.19. The second-order valence-electron chi connectivity index (χ2n) is 6.49. The lowest BCUT2D eigenvalue weighted by molar-refractivity contribution is -0.635. The first-order valence-corrected chi connectivity index (χ1v) is 8.67. The molecule has 1 aromatic heterocycles. The van der Waals surface area contributed by atoms with Crippen molar-refractivity contribution in [2.75, 3.05) is 0 Å². The minimum absolute atomic E-state index is 0.864. The zero-order valence-electron chi connectivity index (χ0n) is 13.9. The molecule has 1 heteroatoms. The molecule has 5 aromatic rings. The number of nitrogens with zero attached hydrogens (tertiary/aromatic N) is 1. The fraction of sp³-hybridized carbons (Fsp3) is 0.0417. The second kappa shape index (κ2) is 5.71. The van der Waals surface area contributed by atoms with Gasteiger partial charge in [-0.1, -0.05) is 66.7 Å². The van der Waals surface area contributed by atoms with Gasteiger partial charge in [-0.25, -0.2) is 0 Å². The highest BCUT2D eigenvalue weighted by Gasteiger charge is 2.16. The molecule has 0 aliphatic carbocycles. The van der Waals surface area contributed by atoms with Gasteiger partial charge >= 0.3 is 0 Å². The van der Waals surface area contributed by atoms with Gasteiger partial charge in [0.05, 0.1) is 0 Å². The van der Waals surface area contributed by atoms with Gasteiger partial charge in [0.15, 0.2) is 6.54 Å². The molecule has 0 saturated heterocycles. The standard InChI is InChI=1S/C24H18N/c1-4-13-22-18(8-1)11-7-12-21(22)17-25-23-14-5-2-9-19(23)16-20-10-3-6-15-24(20)25/h1-16H,17H2/q+1. The Bertz CT molecular complexity index is 1160. The van der Waals surface area contributed by atoms with E-state index in [0.717, 1.165) is 6.54 Å². The van der Waals surface area contributed by atoms with Crippen molar-refractivity contribution in [1.82, 2.24) is 0 Å². The van der Waals surface area contributed by atoms with Crippen molar-refractivity contribution >= 4 is 32.6 Å². The Labute approximate surface area is 146 Å². The topological polar surface area (TPSA) is 3.88 Å². The van der Waals surface area contributed by atoms with Crippen molar-refractivity contribution in [3.05, 3.63) is 103 Å². The van der Waals surface area contributed by atoms with E-state index in [1.165, 1.54) is 38.1 Å². The van der Waals surface area contributed by atoms with Crippen molar-refractivity contribution in [3.63, 3.8) is 0 Å². The molecular weight excluding hydrogens is 302 g/mol. The van der Waals surface area contributed by atoms with Crippen molar-refractivity contribution in [2.24, 2.45) is 0 Å². The minimum atomic E-state index is 0.864. The van der Waals surface area contributed by atoms with E-state index in [1.54, 1.807) is 0 Å². The lowest BCUT2D eigenvalue weighted by atomic mass is 10.0. The van der Waals surface area contributed by atoms with Crippen LogP contribution in [0.25, 0.3) is 32.6 Å². The van der Waals surface area contributed by atoms with E-state index in [9.17, 15) is 0 Å². The molecule has 5 rings (SSSR count). The Morgan fingerprint density at radius 3 is 1.80 bits per heavy atom. The minimum Gasteiger partial charge on any atom is -0.187 e. The molecule has 1 heterocycles. The lowest BCUT2D eigenvalue weighted by Crippen LogP contribution is -2.36. The van der Waals surface area contributed by atoms with Crippen LogP contribution >= 0.6 is 0 Å². The highest BCUT2D eigenvalue weighted by atomic mass is 15.0. The monoisotopic (exact) mass is 320 g/mol. The second-order valence-corrected chi connectivity index (χ2v) is 6.49. The summed E-state index contributed by atoms with van der Waals surface area (Å²) in [4.78, 5) is 0. The number of benzene rings is 4. The summed E-state index contributed by atoms with van der Waals surface area (Å²) in [5.74, 6) is 0. The Balaban J connectivity index is 1.81. The van der Waals surface area contributed by atoms with E-state index >= 15 is 0 Å². The van der Waals surface area contributed by atoms with Crippen molar-refractivity contribution in [3.8, 4) is 0 Å². The molecule has 0 fully saturated rings. The molecule has 0 bridgehead atoms. The van der Waals surface area contributed by atoms with Gasteiger partial charge in [0.2, 0.25) is 11.0 Å². The van der Waals surface area contributed by atoms with Gasteiger partial charge < -0.3 is 0 Å². The average Bonchev–Trinajstić information content (AvgIpc) is 2.68. The predicted molar refractivity (Wildman–Crippen MR) is 105 cm³/mol. The molecule has 0 atom stereocenters. The molecule has 0 radical (unpaired) electrons. The summed E-state index contributed by atoms with van der Waals surface area (Å²) >= 11 is 0. The predicted octanol–water partition coefficient (Wildman–Crippen LogP) is 5.48. The van der Waals surface area contributed by atoms with Gasteiger partial charge in [-0.2, -0.15) is 4.57 Å². The summed E-state index contributed by atoms with van der Waals surface area (Å²) in [5.41, 5.74) is 3.90. The Morgan fingerprint density at radius 2 is 1.08 bits per heavy atom. The number of hydrogen-bond donors (Lipinski definition) is 0. The number of fused-ring (bicyclic) bond motifs is 3. The van der Waals surface area contributed by atoms with E-state index in [4.69, 9.17) is 0 Å². The average molecular weight is 320 g/mol. The maximum absolute atomic E-state index is 2.44. The molecule has 0 saturated carbocycles. The zero-order valence-corrected chi connectivity index (χ0v) is 13.9. The largest absolute Gasteiger partial charge is 0.213 e. The molecule has 0 aliphatic heterocycles. The molecular formula is C24H18N+. The zero-order chi connectivity index (χ0) is 16.6. The van der Waals surface area contributed by atoms with Crippen LogP contribution in [0, 0.1) is 0 Å². The molecule has 25 heavy (non-hydrogen) atoms. The summed E-state index contributed by atoms with van der Waals surface area (Å²) in [6.45, 7) is 0.864. The van der Waals surface area contributed by atoms with Crippen LogP contribution < -0.4 is 4.57 Å². The van der Waals surface area contributed by atoms with Crippen LogP contribution in [0.2, 0.25) is 0 Å². The van der Waals surface area contributed by atoms with Crippen LogP contribution in [-0.2, 0) is 6.54 Å². The summed E-state index contributed by atoms with van der Waals surface area (Å²) in [7, 11) is 0. The Morgan fingerprint density at radius 1 is 0.520 bits per heavy atom. The van der Waals surface area contributed by atoms with Crippen LogP contribution in [-0.4, -0.2) is 0 Å². The fourth-order valence-corrected chi connectivity index (χ4v) is 3.78. The van der Waals surface area contributed by atoms with Crippen molar-refractivity contribution in [2.45, 2.75) is 6.54 Å². The SMILES string of the molecule is c1ccc2c(C[n+]3c4ccccc4cc4ccccc43)cccc2c1. The third kappa shape index (κ3) is 2.36. The van der Waals surface area contributed by atoms with Crippen LogP contribution in [0.5, 0.6) is 0 Å². The molecule has 0 amide bonds. The molecule has 0 unspecified atom stereocenters. The molecule has 0 N–H and O–H groups in total. The molecule has 4 aromatic carbocycles. The third-order valence-electron chi connectivity index (χ3n) is 4.97. The first-order valence-electron chi connectivity index (χ1n) is 8.67. The normalized spacial score (nSPS) is 11.4. The van der Waals surface area contributed by atoms with Crippen LogP contribution in [0.1, 0.15) is 5.56 Å². The molecule has 0 spiro atoms. The van der Waals surface area contributed by atoms with E-state index in [0.29, 0.717) is 0 Å². The highest BCUT2D eigenvalue weighted by molar-refractivity contribution is 5.89. The Kier molecular flexibility index (Phi) is 3.24. The van der Waals surface area contributed by atoms with E-state index < -0.39 is 0 Å². The number of aromatic nitrogens is 1. The van der Waals surface area contributed by atoms with Gasteiger partial charge in [0.25, 0.3) is 0 Å². The molecule has 1 nitrogen and oxygen atoms in total. The van der Waals surface area contributed by atoms with Gasteiger partial charge in [-0.15, -0.1) is 0 Å². The van der Waals surface area contributed by atoms with Gasteiger partial charge in [-0.05, 0) is 29.0 Å². The fourth-order valence-electron chi connectivity index (χ4n) is 3.78. The van der Waals surface area contributed by atoms with Gasteiger partial charge in [-0.3, -0.25) is 0 Å². The van der Waals surface area contributed by atoms with Gasteiger partial charge in [0.1, 0.15) is 0 Å². The van der Waals surface area contributed by atoms with E-state index in [-0.39, 0.29) is 0 Å². The van der Waals surface area contributed by atoms with Crippen LogP contribution in [0.15, 0.2) is 97.1 Å². The molecule has 118 valence electrons. The highest BCUT2D eigenvalue weighted by Crippen LogP contribution is 2.22. The number of pyridine rings is 1.